The number of hydrogen-bond donors (Lipinski definition) is 3. The predicted octanol–water partition coefficient (Wildman–Crippen LogP) is -0.658. The van der Waals surface area contributed by atoms with Crippen molar-refractivity contribution in [3.05, 3.63) is 29.8 Å². The maximum Gasteiger partial charge on any atom is 0.275 e. The summed E-state index contributed by atoms with van der Waals surface area (Å²) < 4.78 is 27.3. The van der Waals surface area contributed by atoms with Crippen LogP contribution in [-0.4, -0.2) is 70.4 Å². The third kappa shape index (κ3) is 6.52. The highest BCUT2D eigenvalue weighted by Crippen LogP contribution is 2.22. The fourth-order valence-electron chi connectivity index (χ4n) is 3.30. The first kappa shape index (κ1) is 23.3. The quantitative estimate of drug-likeness (QED) is 0.489. The maximum absolute atomic E-state index is 12.9. The van der Waals surface area contributed by atoms with Crippen LogP contribution in [0.3, 0.4) is 0 Å². The Labute approximate surface area is 173 Å². The SMILES string of the molecule is CCNC(=O)CNC(=O)C[NH+]1CCN(S(=O)(=O)c2ccc([C@@H](C)CC)cc2)CC1. The summed E-state index contributed by atoms with van der Waals surface area (Å²) in [6.45, 7) is 8.62. The molecule has 8 nitrogen and oxygen atoms in total. The van der Waals surface area contributed by atoms with Crippen molar-refractivity contribution in [1.29, 1.82) is 0 Å². The van der Waals surface area contributed by atoms with Gasteiger partial charge in [-0.1, -0.05) is 26.0 Å². The zero-order valence-corrected chi connectivity index (χ0v) is 18.3. The number of piperazine rings is 1. The summed E-state index contributed by atoms with van der Waals surface area (Å²) in [6, 6.07) is 7.15. The number of carbonyl (C=O) groups excluding carboxylic acids is 2. The normalized spacial score (nSPS) is 16.9. The van der Waals surface area contributed by atoms with Gasteiger partial charge in [0.05, 0.1) is 37.6 Å². The number of sulfonamides is 1. The van der Waals surface area contributed by atoms with Crippen molar-refractivity contribution in [1.82, 2.24) is 14.9 Å². The van der Waals surface area contributed by atoms with Crippen LogP contribution in [0.25, 0.3) is 0 Å². The summed E-state index contributed by atoms with van der Waals surface area (Å²) in [4.78, 5) is 24.7. The highest BCUT2D eigenvalue weighted by Gasteiger charge is 2.31. The lowest BCUT2D eigenvalue weighted by Crippen LogP contribution is -3.15. The Morgan fingerprint density at radius 1 is 1.07 bits per heavy atom. The Morgan fingerprint density at radius 2 is 1.69 bits per heavy atom. The largest absolute Gasteiger partial charge is 0.355 e. The number of quaternary nitrogens is 1. The average molecular weight is 426 g/mol. The van der Waals surface area contributed by atoms with E-state index in [0.29, 0.717) is 43.5 Å². The molecule has 0 radical (unpaired) electrons. The number of likely N-dealkylation sites (N-methyl/N-ethyl adjacent to an activating group) is 1. The van der Waals surface area contributed by atoms with Crippen molar-refractivity contribution < 1.29 is 22.9 Å². The van der Waals surface area contributed by atoms with E-state index in [1.807, 2.05) is 19.1 Å². The van der Waals surface area contributed by atoms with Crippen LogP contribution >= 0.6 is 0 Å². The minimum absolute atomic E-state index is 0.0346. The standard InChI is InChI=1S/C20H32N4O4S/c1-4-16(3)17-6-8-18(9-7-17)29(27,28)24-12-10-23(11-13-24)15-20(26)22-14-19(25)21-5-2/h6-9,16H,4-5,10-15H2,1-3H3,(H,21,25)(H,22,26)/p+1/t16-/m0/s1. The molecule has 1 saturated heterocycles. The summed E-state index contributed by atoms with van der Waals surface area (Å²) >= 11 is 0. The van der Waals surface area contributed by atoms with E-state index >= 15 is 0 Å². The van der Waals surface area contributed by atoms with Gasteiger partial charge in [0.25, 0.3) is 5.91 Å². The minimum atomic E-state index is -3.52. The Morgan fingerprint density at radius 3 is 2.24 bits per heavy atom. The molecule has 2 amide bonds. The van der Waals surface area contributed by atoms with Crippen LogP contribution in [0.15, 0.2) is 29.2 Å². The van der Waals surface area contributed by atoms with Crippen LogP contribution in [0.5, 0.6) is 0 Å². The Bertz CT molecular complexity index is 787. The third-order valence-corrected chi connectivity index (χ3v) is 7.27. The average Bonchev–Trinajstić information content (AvgIpc) is 2.72. The monoisotopic (exact) mass is 425 g/mol. The number of hydrogen-bond acceptors (Lipinski definition) is 4. The van der Waals surface area contributed by atoms with Gasteiger partial charge in [0.15, 0.2) is 6.54 Å². The highest BCUT2D eigenvalue weighted by atomic mass is 32.2. The van der Waals surface area contributed by atoms with E-state index in [1.165, 1.54) is 4.31 Å². The van der Waals surface area contributed by atoms with Crippen LogP contribution in [-0.2, 0) is 19.6 Å². The molecule has 9 heteroatoms. The van der Waals surface area contributed by atoms with E-state index in [1.54, 1.807) is 12.1 Å². The number of amides is 2. The van der Waals surface area contributed by atoms with E-state index in [4.69, 9.17) is 0 Å². The summed E-state index contributed by atoms with van der Waals surface area (Å²) in [5.41, 5.74) is 1.14. The molecule has 1 atom stereocenters. The molecular weight excluding hydrogens is 392 g/mol. The number of carbonyl (C=O) groups is 2. The number of benzene rings is 1. The molecule has 162 valence electrons. The van der Waals surface area contributed by atoms with Gasteiger partial charge >= 0.3 is 0 Å². The van der Waals surface area contributed by atoms with E-state index in [-0.39, 0.29) is 24.9 Å². The molecule has 0 spiro atoms. The van der Waals surface area contributed by atoms with Gasteiger partial charge < -0.3 is 15.5 Å². The van der Waals surface area contributed by atoms with Crippen molar-refractivity contribution in [2.24, 2.45) is 0 Å². The van der Waals surface area contributed by atoms with Gasteiger partial charge in [-0.05, 0) is 37.0 Å². The van der Waals surface area contributed by atoms with Gasteiger partial charge in [0.2, 0.25) is 15.9 Å². The summed E-state index contributed by atoms with van der Waals surface area (Å²) in [7, 11) is -3.52. The van der Waals surface area contributed by atoms with E-state index in [9.17, 15) is 18.0 Å². The van der Waals surface area contributed by atoms with Gasteiger partial charge in [-0.25, -0.2) is 8.42 Å². The second-order valence-corrected chi connectivity index (χ2v) is 9.38. The molecule has 0 unspecified atom stereocenters. The van der Waals surface area contributed by atoms with Gasteiger partial charge in [0, 0.05) is 6.54 Å². The van der Waals surface area contributed by atoms with E-state index < -0.39 is 10.0 Å². The zero-order valence-electron chi connectivity index (χ0n) is 17.5. The topological polar surface area (TPSA) is 100 Å². The first-order valence-electron chi connectivity index (χ1n) is 10.2. The zero-order chi connectivity index (χ0) is 21.4. The molecule has 0 saturated carbocycles. The molecular formula is C20H33N4O4S+. The molecule has 1 heterocycles. The molecule has 0 bridgehead atoms. The second-order valence-electron chi connectivity index (χ2n) is 7.44. The molecule has 3 N–H and O–H groups in total. The van der Waals surface area contributed by atoms with Crippen molar-refractivity contribution in [2.45, 2.75) is 38.0 Å². The van der Waals surface area contributed by atoms with Crippen LogP contribution in [0, 0.1) is 0 Å². The lowest BCUT2D eigenvalue weighted by atomic mass is 9.99. The van der Waals surface area contributed by atoms with Gasteiger partial charge in [-0.2, -0.15) is 4.31 Å². The fourth-order valence-corrected chi connectivity index (χ4v) is 4.74. The number of rotatable bonds is 9. The van der Waals surface area contributed by atoms with Crippen LogP contribution in [0.4, 0.5) is 0 Å². The predicted molar refractivity (Wildman–Crippen MR) is 111 cm³/mol. The Kier molecular flexibility index (Phi) is 8.60. The lowest BCUT2D eigenvalue weighted by Gasteiger charge is -2.31. The second kappa shape index (κ2) is 10.7. The molecule has 1 aromatic carbocycles. The molecule has 1 aliphatic rings. The van der Waals surface area contributed by atoms with Crippen molar-refractivity contribution in [2.75, 3.05) is 45.8 Å². The molecule has 0 aromatic heterocycles. The number of nitrogens with one attached hydrogen (secondary N) is 3. The first-order chi connectivity index (χ1) is 13.8. The van der Waals surface area contributed by atoms with Crippen molar-refractivity contribution in [3.63, 3.8) is 0 Å². The first-order valence-corrected chi connectivity index (χ1v) is 11.7. The Hall–Kier alpha value is -1.97. The number of nitrogens with zero attached hydrogens (tertiary/aromatic N) is 1. The maximum atomic E-state index is 12.9. The molecule has 0 aliphatic carbocycles. The smallest absolute Gasteiger partial charge is 0.275 e. The molecule has 29 heavy (non-hydrogen) atoms. The summed E-state index contributed by atoms with van der Waals surface area (Å²) in [5, 5.41) is 5.22. The van der Waals surface area contributed by atoms with Crippen LogP contribution < -0.4 is 15.5 Å². The minimum Gasteiger partial charge on any atom is -0.355 e. The summed E-state index contributed by atoms with van der Waals surface area (Å²) in [5.74, 6) is -0.0209. The van der Waals surface area contributed by atoms with Crippen LogP contribution in [0.1, 0.15) is 38.7 Å². The lowest BCUT2D eigenvalue weighted by molar-refractivity contribution is -0.895. The molecule has 1 fully saturated rings. The van der Waals surface area contributed by atoms with Crippen molar-refractivity contribution in [3.8, 4) is 0 Å². The van der Waals surface area contributed by atoms with Gasteiger partial charge in [-0.3, -0.25) is 9.59 Å². The summed E-state index contributed by atoms with van der Waals surface area (Å²) in [6.07, 6.45) is 1.01. The molecule has 1 aromatic rings. The van der Waals surface area contributed by atoms with Crippen LogP contribution in [0.2, 0.25) is 0 Å². The van der Waals surface area contributed by atoms with E-state index in [0.717, 1.165) is 16.9 Å². The third-order valence-electron chi connectivity index (χ3n) is 5.36. The van der Waals surface area contributed by atoms with Crippen molar-refractivity contribution >= 4 is 21.8 Å². The highest BCUT2D eigenvalue weighted by molar-refractivity contribution is 7.89. The van der Waals surface area contributed by atoms with E-state index in [2.05, 4.69) is 24.5 Å². The molecule has 2 rings (SSSR count). The van der Waals surface area contributed by atoms with Gasteiger partial charge in [0.1, 0.15) is 0 Å². The fraction of sp³-hybridized carbons (Fsp3) is 0.600. The molecule has 1 aliphatic heterocycles. The van der Waals surface area contributed by atoms with Gasteiger partial charge in [-0.15, -0.1) is 0 Å². The Balaban J connectivity index is 1.86.